The second-order valence-corrected chi connectivity index (χ2v) is 8.93. The molecule has 3 aromatic carbocycles. The fraction of sp³-hybridized carbons (Fsp3) is 0.0435. The summed E-state index contributed by atoms with van der Waals surface area (Å²) in [6, 6.07) is 25.2. The molecule has 0 unspecified atom stereocenters. The molecule has 3 aromatic rings. The van der Waals surface area contributed by atoms with Crippen LogP contribution in [0.2, 0.25) is 0 Å². The Bertz CT molecular complexity index is 1080. The van der Waals surface area contributed by atoms with Crippen molar-refractivity contribution in [3.8, 4) is 5.75 Å². The molecule has 0 aliphatic carbocycles. The van der Waals surface area contributed by atoms with E-state index in [0.29, 0.717) is 15.8 Å². The van der Waals surface area contributed by atoms with Crippen molar-refractivity contribution in [2.75, 3.05) is 4.90 Å². The standard InChI is InChI=1S/C23H16BrNO2S2/c24-18-9-11-19(12-10-18)25-22(26)21(29-23(25)28)14-17-7-4-8-20(13-17)27-15-16-5-2-1-3-6-16/h1-14H,15H2/b21-14-. The lowest BCUT2D eigenvalue weighted by Gasteiger charge is -2.14. The van der Waals surface area contributed by atoms with Gasteiger partial charge in [0.05, 0.1) is 10.6 Å². The predicted octanol–water partition coefficient (Wildman–Crippen LogP) is 6.43. The third-order valence-corrected chi connectivity index (χ3v) is 6.11. The Balaban J connectivity index is 1.51. The molecule has 0 radical (unpaired) electrons. The van der Waals surface area contributed by atoms with E-state index in [4.69, 9.17) is 17.0 Å². The van der Waals surface area contributed by atoms with Crippen LogP contribution in [0, 0.1) is 0 Å². The smallest absolute Gasteiger partial charge is 0.270 e. The number of anilines is 1. The SMILES string of the molecule is O=C1/C(=C/c2cccc(OCc3ccccc3)c2)SC(=S)N1c1ccc(Br)cc1. The van der Waals surface area contributed by atoms with E-state index in [1.54, 1.807) is 4.90 Å². The molecule has 1 fully saturated rings. The molecule has 0 saturated carbocycles. The van der Waals surface area contributed by atoms with Gasteiger partial charge in [0, 0.05) is 4.47 Å². The van der Waals surface area contributed by atoms with Crippen molar-refractivity contribution < 1.29 is 9.53 Å². The van der Waals surface area contributed by atoms with Gasteiger partial charge < -0.3 is 4.74 Å². The minimum atomic E-state index is -0.113. The second kappa shape index (κ2) is 8.95. The average Bonchev–Trinajstić information content (AvgIpc) is 3.01. The van der Waals surface area contributed by atoms with E-state index in [2.05, 4.69) is 15.9 Å². The van der Waals surface area contributed by atoms with Crippen LogP contribution >= 0.6 is 39.9 Å². The van der Waals surface area contributed by atoms with Crippen LogP contribution in [0.3, 0.4) is 0 Å². The molecule has 0 aromatic heterocycles. The number of hydrogen-bond donors (Lipinski definition) is 0. The predicted molar refractivity (Wildman–Crippen MR) is 127 cm³/mol. The molecule has 144 valence electrons. The summed E-state index contributed by atoms with van der Waals surface area (Å²) in [5.74, 6) is 0.643. The van der Waals surface area contributed by atoms with Gasteiger partial charge in [0.2, 0.25) is 0 Å². The van der Waals surface area contributed by atoms with Gasteiger partial charge >= 0.3 is 0 Å². The van der Waals surface area contributed by atoms with Crippen molar-refractivity contribution >= 4 is 61.9 Å². The molecule has 1 amide bonds. The topological polar surface area (TPSA) is 29.5 Å². The molecule has 3 nitrogen and oxygen atoms in total. The quantitative estimate of drug-likeness (QED) is 0.310. The van der Waals surface area contributed by atoms with Crippen LogP contribution in [0.15, 0.2) is 88.2 Å². The zero-order chi connectivity index (χ0) is 20.2. The van der Waals surface area contributed by atoms with Gasteiger partial charge in [0.25, 0.3) is 5.91 Å². The molecule has 1 heterocycles. The Kier molecular flexibility index (Phi) is 6.13. The summed E-state index contributed by atoms with van der Waals surface area (Å²) in [5.41, 5.74) is 2.76. The number of rotatable bonds is 5. The van der Waals surface area contributed by atoms with E-state index in [-0.39, 0.29) is 5.91 Å². The van der Waals surface area contributed by atoms with Gasteiger partial charge in [-0.25, -0.2) is 0 Å². The maximum absolute atomic E-state index is 12.9. The van der Waals surface area contributed by atoms with Crippen molar-refractivity contribution in [2.45, 2.75) is 6.61 Å². The Hall–Kier alpha value is -2.41. The molecular weight excluding hydrogens is 466 g/mol. The highest BCUT2D eigenvalue weighted by atomic mass is 79.9. The summed E-state index contributed by atoms with van der Waals surface area (Å²) in [4.78, 5) is 15.1. The van der Waals surface area contributed by atoms with Gasteiger partial charge in [-0.15, -0.1) is 0 Å². The van der Waals surface area contributed by atoms with Gasteiger partial charge in [-0.3, -0.25) is 9.69 Å². The molecule has 0 bridgehead atoms. The summed E-state index contributed by atoms with van der Waals surface area (Å²) in [7, 11) is 0. The molecule has 1 aliphatic rings. The lowest BCUT2D eigenvalue weighted by Crippen LogP contribution is -2.27. The molecule has 29 heavy (non-hydrogen) atoms. The number of thiocarbonyl (C=S) groups is 1. The van der Waals surface area contributed by atoms with Crippen LogP contribution in [0.4, 0.5) is 5.69 Å². The molecule has 1 saturated heterocycles. The maximum Gasteiger partial charge on any atom is 0.270 e. The first-order valence-corrected chi connectivity index (χ1v) is 10.9. The number of hydrogen-bond acceptors (Lipinski definition) is 4. The molecule has 4 rings (SSSR count). The minimum Gasteiger partial charge on any atom is -0.489 e. The third kappa shape index (κ3) is 4.78. The summed E-state index contributed by atoms with van der Waals surface area (Å²) < 4.78 is 7.37. The molecule has 0 spiro atoms. The lowest BCUT2D eigenvalue weighted by atomic mass is 10.2. The van der Waals surface area contributed by atoms with Crippen molar-refractivity contribution in [3.05, 3.63) is 99.4 Å². The van der Waals surface area contributed by atoms with E-state index in [1.807, 2.05) is 84.9 Å². The zero-order valence-corrected chi connectivity index (χ0v) is 18.5. The van der Waals surface area contributed by atoms with E-state index >= 15 is 0 Å². The number of carbonyl (C=O) groups excluding carboxylic acids is 1. The largest absolute Gasteiger partial charge is 0.489 e. The van der Waals surface area contributed by atoms with Gasteiger partial charge in [0.1, 0.15) is 12.4 Å². The van der Waals surface area contributed by atoms with Gasteiger partial charge in [-0.05, 0) is 53.6 Å². The maximum atomic E-state index is 12.9. The molecule has 0 atom stereocenters. The molecule has 1 aliphatic heterocycles. The average molecular weight is 482 g/mol. The van der Waals surface area contributed by atoms with Gasteiger partial charge in [-0.1, -0.05) is 82.4 Å². The summed E-state index contributed by atoms with van der Waals surface area (Å²) in [6.45, 7) is 0.496. The normalized spacial score (nSPS) is 15.2. The van der Waals surface area contributed by atoms with Crippen LogP contribution < -0.4 is 9.64 Å². The monoisotopic (exact) mass is 481 g/mol. The Morgan fingerprint density at radius 1 is 1.00 bits per heavy atom. The number of carbonyl (C=O) groups is 1. The van der Waals surface area contributed by atoms with E-state index in [9.17, 15) is 4.79 Å². The first-order valence-electron chi connectivity index (χ1n) is 8.90. The zero-order valence-electron chi connectivity index (χ0n) is 15.2. The number of ether oxygens (including phenoxy) is 1. The fourth-order valence-electron chi connectivity index (χ4n) is 2.87. The first kappa shape index (κ1) is 19.9. The highest BCUT2D eigenvalue weighted by Gasteiger charge is 2.33. The number of thioether (sulfide) groups is 1. The Labute approximate surface area is 187 Å². The molecule has 6 heteroatoms. The number of nitrogens with zero attached hydrogens (tertiary/aromatic N) is 1. The van der Waals surface area contributed by atoms with Crippen molar-refractivity contribution in [1.82, 2.24) is 0 Å². The summed E-state index contributed by atoms with van der Waals surface area (Å²) in [6.07, 6.45) is 1.85. The van der Waals surface area contributed by atoms with Crippen LogP contribution in [0.5, 0.6) is 5.75 Å². The highest BCUT2D eigenvalue weighted by molar-refractivity contribution is 9.10. The van der Waals surface area contributed by atoms with Crippen LogP contribution in [-0.2, 0) is 11.4 Å². The van der Waals surface area contributed by atoms with Crippen molar-refractivity contribution in [2.24, 2.45) is 0 Å². The number of benzene rings is 3. The van der Waals surface area contributed by atoms with Gasteiger partial charge in [-0.2, -0.15) is 0 Å². The lowest BCUT2D eigenvalue weighted by molar-refractivity contribution is -0.113. The number of amides is 1. The van der Waals surface area contributed by atoms with Crippen molar-refractivity contribution in [3.63, 3.8) is 0 Å². The van der Waals surface area contributed by atoms with E-state index in [0.717, 1.165) is 27.0 Å². The van der Waals surface area contributed by atoms with E-state index in [1.165, 1.54) is 11.8 Å². The molecule has 0 N–H and O–H groups in total. The van der Waals surface area contributed by atoms with Crippen LogP contribution in [0.25, 0.3) is 6.08 Å². The minimum absolute atomic E-state index is 0.113. The third-order valence-electron chi connectivity index (χ3n) is 4.28. The first-order chi connectivity index (χ1) is 14.1. The van der Waals surface area contributed by atoms with Crippen LogP contribution in [-0.4, -0.2) is 10.2 Å². The van der Waals surface area contributed by atoms with Crippen LogP contribution in [0.1, 0.15) is 11.1 Å². The summed E-state index contributed by atoms with van der Waals surface area (Å²) >= 11 is 10.2. The highest BCUT2D eigenvalue weighted by Crippen LogP contribution is 2.36. The Morgan fingerprint density at radius 3 is 2.52 bits per heavy atom. The Morgan fingerprint density at radius 2 is 1.76 bits per heavy atom. The molecular formula is C23H16BrNO2S2. The fourth-order valence-corrected chi connectivity index (χ4v) is 4.43. The van der Waals surface area contributed by atoms with E-state index < -0.39 is 0 Å². The second-order valence-electron chi connectivity index (χ2n) is 6.34. The number of halogens is 1. The summed E-state index contributed by atoms with van der Waals surface area (Å²) in [5, 5.41) is 0. The van der Waals surface area contributed by atoms with Gasteiger partial charge in [0.15, 0.2) is 4.32 Å². The van der Waals surface area contributed by atoms with Crippen molar-refractivity contribution in [1.29, 1.82) is 0 Å².